The van der Waals surface area contributed by atoms with E-state index in [4.69, 9.17) is 0 Å². The molecule has 1 aliphatic rings. The van der Waals surface area contributed by atoms with Gasteiger partial charge in [0.1, 0.15) is 0 Å². The van der Waals surface area contributed by atoms with Crippen LogP contribution in [-0.4, -0.2) is 0 Å². The SMILES string of the molecule is [Fe+2].[O-]C=CC=C1C=CC=C1.c1cc[cH-]c1. The third-order valence-electron chi connectivity index (χ3n) is 1.61. The Kier molecular flexibility index (Phi) is 8.35. The van der Waals surface area contributed by atoms with Crippen molar-refractivity contribution in [3.63, 3.8) is 0 Å². The fourth-order valence-corrected chi connectivity index (χ4v) is 0.971. The maximum Gasteiger partial charge on any atom is 2.00 e. The topological polar surface area (TPSA) is 23.1 Å². The summed E-state index contributed by atoms with van der Waals surface area (Å²) in [6, 6.07) is 10.0. The zero-order valence-corrected chi connectivity index (χ0v) is 9.29. The number of allylic oxidation sites excluding steroid dienone is 7. The second-order valence-corrected chi connectivity index (χ2v) is 2.68. The summed E-state index contributed by atoms with van der Waals surface area (Å²) in [4.78, 5) is 0. The van der Waals surface area contributed by atoms with Crippen LogP contribution < -0.4 is 5.11 Å². The minimum atomic E-state index is 0. The quantitative estimate of drug-likeness (QED) is 0.419. The van der Waals surface area contributed by atoms with E-state index in [2.05, 4.69) is 0 Å². The average molecular weight is 240 g/mol. The second-order valence-electron chi connectivity index (χ2n) is 2.68. The van der Waals surface area contributed by atoms with Crippen molar-refractivity contribution in [2.24, 2.45) is 0 Å². The Bertz CT molecular complexity index is 311. The van der Waals surface area contributed by atoms with Crippen molar-refractivity contribution >= 4 is 0 Å². The van der Waals surface area contributed by atoms with E-state index in [1.807, 2.05) is 54.6 Å². The summed E-state index contributed by atoms with van der Waals surface area (Å²) in [5, 5.41) is 9.81. The van der Waals surface area contributed by atoms with E-state index in [0.29, 0.717) is 0 Å². The third kappa shape index (κ3) is 6.67. The first-order valence-corrected chi connectivity index (χ1v) is 4.44. The van der Waals surface area contributed by atoms with Gasteiger partial charge in [-0.2, -0.15) is 18.2 Å². The molecule has 0 spiro atoms. The molecule has 0 aliphatic heterocycles. The van der Waals surface area contributed by atoms with Gasteiger partial charge in [-0.25, -0.2) is 12.1 Å². The first kappa shape index (κ1) is 13.6. The third-order valence-corrected chi connectivity index (χ3v) is 1.61. The summed E-state index contributed by atoms with van der Waals surface area (Å²) < 4.78 is 0. The van der Waals surface area contributed by atoms with E-state index in [1.165, 1.54) is 6.08 Å². The van der Waals surface area contributed by atoms with E-state index in [-0.39, 0.29) is 17.1 Å². The van der Waals surface area contributed by atoms with Gasteiger partial charge in [-0.05, 0) is 5.57 Å². The van der Waals surface area contributed by atoms with Crippen molar-refractivity contribution in [1.29, 1.82) is 0 Å². The van der Waals surface area contributed by atoms with E-state index >= 15 is 0 Å². The van der Waals surface area contributed by atoms with E-state index in [1.54, 1.807) is 6.08 Å². The van der Waals surface area contributed by atoms with Crippen LogP contribution in [0.3, 0.4) is 0 Å². The minimum absolute atomic E-state index is 0. The fraction of sp³-hybridized carbons (Fsp3) is 0. The summed E-state index contributed by atoms with van der Waals surface area (Å²) in [5.74, 6) is 0. The molecule has 1 aliphatic carbocycles. The van der Waals surface area contributed by atoms with Gasteiger partial charge in [-0.1, -0.05) is 36.5 Å². The molecule has 1 nitrogen and oxygen atoms in total. The Labute approximate surface area is 101 Å². The Balaban J connectivity index is 0.000000280. The second kappa shape index (κ2) is 9.19. The van der Waals surface area contributed by atoms with Gasteiger partial charge in [-0.3, -0.25) is 0 Å². The summed E-state index contributed by atoms with van der Waals surface area (Å²) in [6.07, 6.45) is 11.8. The molecule has 0 unspecified atom stereocenters. The Morgan fingerprint density at radius 2 is 1.67 bits per heavy atom. The van der Waals surface area contributed by atoms with Crippen LogP contribution in [-0.2, 0) is 17.1 Å². The molecule has 1 aromatic rings. The molecule has 0 N–H and O–H groups in total. The van der Waals surface area contributed by atoms with Crippen LogP contribution in [0.4, 0.5) is 0 Å². The standard InChI is InChI=1S/C8H8O.C5H5.Fe/c9-7-3-6-8-4-1-2-5-8;1-2-4-5-3-1;/h1-7,9H;1-5H;/q;-1;+2/p-1. The first-order valence-electron chi connectivity index (χ1n) is 4.44. The van der Waals surface area contributed by atoms with Crippen LogP contribution >= 0.6 is 0 Å². The van der Waals surface area contributed by atoms with Crippen LogP contribution in [0.5, 0.6) is 0 Å². The molecule has 0 aromatic heterocycles. The summed E-state index contributed by atoms with van der Waals surface area (Å²) >= 11 is 0. The Hall–Kier alpha value is -1.37. The minimum Gasteiger partial charge on any atom is -0.878 e. The smallest absolute Gasteiger partial charge is 0.878 e. The average Bonchev–Trinajstić information content (AvgIpc) is 2.90. The largest absolute Gasteiger partial charge is 2.00 e. The van der Waals surface area contributed by atoms with Gasteiger partial charge >= 0.3 is 17.1 Å². The molecular formula is C13H12FeO. The number of hydrogen-bond donors (Lipinski definition) is 0. The summed E-state index contributed by atoms with van der Waals surface area (Å²) in [6.45, 7) is 0. The van der Waals surface area contributed by atoms with Gasteiger partial charge in [0.05, 0.1) is 0 Å². The van der Waals surface area contributed by atoms with Crippen molar-refractivity contribution in [2.45, 2.75) is 0 Å². The summed E-state index contributed by atoms with van der Waals surface area (Å²) in [7, 11) is 0. The Morgan fingerprint density at radius 3 is 2.07 bits per heavy atom. The maximum absolute atomic E-state index is 9.81. The van der Waals surface area contributed by atoms with Gasteiger partial charge in [-0.15, -0.1) is 6.26 Å². The zero-order chi connectivity index (χ0) is 10.1. The van der Waals surface area contributed by atoms with Crippen molar-refractivity contribution in [3.8, 4) is 0 Å². The van der Waals surface area contributed by atoms with E-state index < -0.39 is 0 Å². The molecule has 0 fully saturated rings. The molecule has 0 amide bonds. The maximum atomic E-state index is 9.81. The molecule has 0 heterocycles. The van der Waals surface area contributed by atoms with Crippen LogP contribution in [0.2, 0.25) is 0 Å². The van der Waals surface area contributed by atoms with Gasteiger partial charge < -0.3 is 5.11 Å². The molecule has 1 aromatic carbocycles. The molecule has 0 saturated carbocycles. The molecule has 2 rings (SSSR count). The monoisotopic (exact) mass is 240 g/mol. The van der Waals surface area contributed by atoms with Gasteiger partial charge in [0.25, 0.3) is 0 Å². The van der Waals surface area contributed by atoms with Crippen LogP contribution in [0.1, 0.15) is 0 Å². The fourth-order valence-electron chi connectivity index (χ4n) is 0.971. The molecule has 0 bridgehead atoms. The molecule has 0 atom stereocenters. The van der Waals surface area contributed by atoms with Crippen LogP contribution in [0.15, 0.2) is 78.6 Å². The normalized spacial score (nSPS) is 12.1. The number of rotatable bonds is 1. The molecule has 2 heteroatoms. The van der Waals surface area contributed by atoms with Crippen molar-refractivity contribution < 1.29 is 22.2 Å². The predicted octanol–water partition coefficient (Wildman–Crippen LogP) is 2.32. The van der Waals surface area contributed by atoms with Crippen molar-refractivity contribution in [2.75, 3.05) is 0 Å². The molecule has 15 heavy (non-hydrogen) atoms. The van der Waals surface area contributed by atoms with Gasteiger partial charge in [0.15, 0.2) is 0 Å². The first-order chi connectivity index (χ1) is 6.93. The molecule has 78 valence electrons. The predicted molar refractivity (Wildman–Crippen MR) is 57.5 cm³/mol. The molecular weight excluding hydrogens is 228 g/mol. The van der Waals surface area contributed by atoms with Crippen molar-refractivity contribution in [1.82, 2.24) is 0 Å². The van der Waals surface area contributed by atoms with Gasteiger partial charge in [0.2, 0.25) is 0 Å². The van der Waals surface area contributed by atoms with Crippen LogP contribution in [0.25, 0.3) is 0 Å². The van der Waals surface area contributed by atoms with E-state index in [0.717, 1.165) is 11.8 Å². The van der Waals surface area contributed by atoms with Gasteiger partial charge in [0, 0.05) is 0 Å². The molecule has 0 saturated heterocycles. The zero-order valence-electron chi connectivity index (χ0n) is 8.19. The van der Waals surface area contributed by atoms with Crippen LogP contribution in [0, 0.1) is 0 Å². The summed E-state index contributed by atoms with van der Waals surface area (Å²) in [5.41, 5.74) is 1.07. The van der Waals surface area contributed by atoms with E-state index in [9.17, 15) is 5.11 Å². The Morgan fingerprint density at radius 1 is 1.07 bits per heavy atom. The molecule has 0 radical (unpaired) electrons. The van der Waals surface area contributed by atoms with Crippen molar-refractivity contribution in [3.05, 3.63) is 78.6 Å². The number of hydrogen-bond acceptors (Lipinski definition) is 1.